The predicted octanol–water partition coefficient (Wildman–Crippen LogP) is 1.87. The van der Waals surface area contributed by atoms with E-state index in [0.29, 0.717) is 23.4 Å². The van der Waals surface area contributed by atoms with Crippen LogP contribution in [0.4, 0.5) is 10.9 Å². The molecule has 3 aromatic heterocycles. The van der Waals surface area contributed by atoms with Gasteiger partial charge in [0.1, 0.15) is 11.3 Å². The first kappa shape index (κ1) is 19.4. The van der Waals surface area contributed by atoms with E-state index in [1.165, 1.54) is 11.3 Å². The fraction of sp³-hybridized carbons (Fsp3) is 0.444. The Bertz CT molecular complexity index is 950. The van der Waals surface area contributed by atoms with Crippen LogP contribution in [0.25, 0.3) is 11.5 Å². The lowest BCUT2D eigenvalue weighted by Gasteiger charge is -2.35. The molecule has 29 heavy (non-hydrogen) atoms. The zero-order chi connectivity index (χ0) is 20.2. The third-order valence-electron chi connectivity index (χ3n) is 4.62. The van der Waals surface area contributed by atoms with Gasteiger partial charge in [0.25, 0.3) is 5.89 Å². The van der Waals surface area contributed by atoms with E-state index >= 15 is 0 Å². The van der Waals surface area contributed by atoms with E-state index in [-0.39, 0.29) is 11.8 Å². The number of carbonyl (C=O) groups is 1. The summed E-state index contributed by atoms with van der Waals surface area (Å²) in [4.78, 5) is 25.4. The first-order valence-electron chi connectivity index (χ1n) is 9.42. The van der Waals surface area contributed by atoms with Crippen molar-refractivity contribution in [2.45, 2.75) is 19.8 Å². The van der Waals surface area contributed by atoms with Crippen LogP contribution in [-0.2, 0) is 4.79 Å². The predicted molar refractivity (Wildman–Crippen MR) is 109 cm³/mol. The molecule has 1 aliphatic heterocycles. The molecular weight excluding hydrogens is 392 g/mol. The summed E-state index contributed by atoms with van der Waals surface area (Å²) in [5.41, 5.74) is 2.45. The number of amides is 1. The Morgan fingerprint density at radius 2 is 2.14 bits per heavy atom. The van der Waals surface area contributed by atoms with E-state index in [1.54, 1.807) is 11.7 Å². The minimum Gasteiger partial charge on any atom is -0.354 e. The molecule has 0 aromatic carbocycles. The highest BCUT2D eigenvalue weighted by atomic mass is 32.1. The quantitative estimate of drug-likeness (QED) is 0.645. The van der Waals surface area contributed by atoms with Crippen molar-refractivity contribution in [1.29, 1.82) is 0 Å². The summed E-state index contributed by atoms with van der Waals surface area (Å²) in [6.45, 7) is 7.50. The van der Waals surface area contributed by atoms with Gasteiger partial charge in [0.05, 0.1) is 6.54 Å². The van der Waals surface area contributed by atoms with Crippen molar-refractivity contribution in [3.63, 3.8) is 0 Å². The number of hydrogen-bond acceptors (Lipinski definition) is 10. The van der Waals surface area contributed by atoms with Crippen molar-refractivity contribution < 1.29 is 9.32 Å². The maximum atomic E-state index is 12.1. The Kier molecular flexibility index (Phi) is 5.76. The van der Waals surface area contributed by atoms with Crippen LogP contribution in [-0.4, -0.2) is 68.9 Å². The Hall–Kier alpha value is -2.92. The van der Waals surface area contributed by atoms with Gasteiger partial charge in [-0.2, -0.15) is 4.98 Å². The highest BCUT2D eigenvalue weighted by molar-refractivity contribution is 7.13. The molecule has 0 saturated carbocycles. The molecular formula is C18H22N8O2S. The van der Waals surface area contributed by atoms with Gasteiger partial charge < -0.3 is 9.42 Å². The number of hydrogen-bond donors (Lipinski definition) is 1. The second kappa shape index (κ2) is 8.62. The van der Waals surface area contributed by atoms with Gasteiger partial charge in [-0.05, 0) is 12.1 Å². The summed E-state index contributed by atoms with van der Waals surface area (Å²) in [5.74, 6) is 2.20. The monoisotopic (exact) mass is 414 g/mol. The number of anilines is 2. The fourth-order valence-corrected chi connectivity index (χ4v) is 3.50. The van der Waals surface area contributed by atoms with E-state index in [1.807, 2.05) is 26.0 Å². The second-order valence-corrected chi connectivity index (χ2v) is 7.90. The molecule has 1 saturated heterocycles. The first-order chi connectivity index (χ1) is 14.1. The number of carbonyl (C=O) groups excluding carboxylic acids is 1. The van der Waals surface area contributed by atoms with E-state index in [9.17, 15) is 4.79 Å². The molecule has 0 radical (unpaired) electrons. The van der Waals surface area contributed by atoms with Gasteiger partial charge in [0.2, 0.25) is 11.0 Å². The molecule has 152 valence electrons. The molecule has 0 unspecified atom stereocenters. The molecule has 0 bridgehead atoms. The van der Waals surface area contributed by atoms with Gasteiger partial charge in [-0.15, -0.1) is 10.2 Å². The second-order valence-electron chi connectivity index (χ2n) is 7.07. The van der Waals surface area contributed by atoms with Gasteiger partial charge in [-0.3, -0.25) is 15.0 Å². The zero-order valence-corrected chi connectivity index (χ0v) is 17.1. The lowest BCUT2D eigenvalue weighted by atomic mass is 10.2. The van der Waals surface area contributed by atoms with Crippen molar-refractivity contribution in [2.24, 2.45) is 0 Å². The summed E-state index contributed by atoms with van der Waals surface area (Å²) in [6.07, 6.45) is 1.76. The Morgan fingerprint density at radius 1 is 1.31 bits per heavy atom. The summed E-state index contributed by atoms with van der Waals surface area (Å²) in [6, 6.07) is 3.84. The standard InChI is InChI=1S/C18H22N8O2S/c1-12(2)16-22-17(28-24-16)13-3-4-19-14(9-13)26-7-5-25(6-8-26)10-15(27)21-18-23-20-11-29-18/h3-4,9,11-12H,5-8,10H2,1-2H3,(H,21,23,27). The number of aromatic nitrogens is 5. The van der Waals surface area contributed by atoms with Crippen molar-refractivity contribution >= 4 is 28.2 Å². The number of nitrogens with zero attached hydrogens (tertiary/aromatic N) is 7. The lowest BCUT2D eigenvalue weighted by molar-refractivity contribution is -0.117. The van der Waals surface area contributed by atoms with Crippen LogP contribution >= 0.6 is 11.3 Å². The average Bonchev–Trinajstić information content (AvgIpc) is 3.41. The van der Waals surface area contributed by atoms with Gasteiger partial charge in [-0.25, -0.2) is 4.98 Å². The Labute approximate surface area is 172 Å². The van der Waals surface area contributed by atoms with Crippen molar-refractivity contribution in [1.82, 2.24) is 30.2 Å². The van der Waals surface area contributed by atoms with Crippen LogP contribution in [0.3, 0.4) is 0 Å². The molecule has 10 nitrogen and oxygen atoms in total. The minimum absolute atomic E-state index is 0.0762. The first-order valence-corrected chi connectivity index (χ1v) is 10.3. The molecule has 0 atom stereocenters. The number of nitrogens with one attached hydrogen (secondary N) is 1. The maximum absolute atomic E-state index is 12.1. The van der Waals surface area contributed by atoms with Gasteiger partial charge >= 0.3 is 0 Å². The topological polar surface area (TPSA) is 113 Å². The van der Waals surface area contributed by atoms with Gasteiger partial charge in [-0.1, -0.05) is 30.3 Å². The molecule has 4 rings (SSSR count). The smallest absolute Gasteiger partial charge is 0.258 e. The molecule has 11 heteroatoms. The average molecular weight is 414 g/mol. The fourth-order valence-electron chi connectivity index (χ4n) is 3.04. The Morgan fingerprint density at radius 3 is 2.83 bits per heavy atom. The summed E-state index contributed by atoms with van der Waals surface area (Å²) in [7, 11) is 0. The van der Waals surface area contributed by atoms with Crippen molar-refractivity contribution in [2.75, 3.05) is 42.9 Å². The van der Waals surface area contributed by atoms with Crippen molar-refractivity contribution in [3.05, 3.63) is 29.7 Å². The summed E-state index contributed by atoms with van der Waals surface area (Å²) in [5, 5.41) is 14.9. The Balaban J connectivity index is 1.34. The number of pyridine rings is 1. The molecule has 1 fully saturated rings. The van der Waals surface area contributed by atoms with Crippen LogP contribution in [0.15, 0.2) is 28.4 Å². The molecule has 3 aromatic rings. The molecule has 0 spiro atoms. The molecule has 0 aliphatic carbocycles. The highest BCUT2D eigenvalue weighted by Crippen LogP contribution is 2.24. The molecule has 4 heterocycles. The van der Waals surface area contributed by atoms with E-state index in [2.05, 4.69) is 40.4 Å². The minimum atomic E-state index is -0.0762. The largest absolute Gasteiger partial charge is 0.354 e. The van der Waals surface area contributed by atoms with Crippen molar-refractivity contribution in [3.8, 4) is 11.5 Å². The van der Waals surface area contributed by atoms with Crippen LogP contribution in [0, 0.1) is 0 Å². The highest BCUT2D eigenvalue weighted by Gasteiger charge is 2.21. The van der Waals surface area contributed by atoms with E-state index in [0.717, 1.165) is 37.6 Å². The third-order valence-corrected chi connectivity index (χ3v) is 5.23. The van der Waals surface area contributed by atoms with Gasteiger partial charge in [0, 0.05) is 43.9 Å². The lowest BCUT2D eigenvalue weighted by Crippen LogP contribution is -2.48. The summed E-state index contributed by atoms with van der Waals surface area (Å²) < 4.78 is 5.39. The van der Waals surface area contributed by atoms with E-state index < -0.39 is 0 Å². The molecule has 1 amide bonds. The molecule has 1 N–H and O–H groups in total. The van der Waals surface area contributed by atoms with Gasteiger partial charge in [0.15, 0.2) is 5.82 Å². The SMILES string of the molecule is CC(C)c1noc(-c2ccnc(N3CCN(CC(=O)Nc4nncs4)CC3)c2)n1. The van der Waals surface area contributed by atoms with Crippen LogP contribution in [0.5, 0.6) is 0 Å². The zero-order valence-electron chi connectivity index (χ0n) is 16.3. The number of rotatable bonds is 6. The number of piperazine rings is 1. The van der Waals surface area contributed by atoms with E-state index in [4.69, 9.17) is 4.52 Å². The van der Waals surface area contributed by atoms with Crippen LogP contribution < -0.4 is 10.2 Å². The van der Waals surface area contributed by atoms with Crippen LogP contribution in [0.2, 0.25) is 0 Å². The third kappa shape index (κ3) is 4.74. The normalized spacial score (nSPS) is 15.1. The van der Waals surface area contributed by atoms with Crippen LogP contribution in [0.1, 0.15) is 25.6 Å². The molecule has 1 aliphatic rings. The maximum Gasteiger partial charge on any atom is 0.258 e. The summed E-state index contributed by atoms with van der Waals surface area (Å²) >= 11 is 1.31.